The van der Waals surface area contributed by atoms with Crippen molar-refractivity contribution in [2.24, 2.45) is 7.05 Å². The molecule has 0 saturated heterocycles. The maximum Gasteiger partial charge on any atom is 0.276 e. The second-order valence-corrected chi connectivity index (χ2v) is 6.93. The first-order valence-electron chi connectivity index (χ1n) is 9.34. The van der Waals surface area contributed by atoms with Gasteiger partial charge in [-0.2, -0.15) is 0 Å². The Bertz CT molecular complexity index is 896. The van der Waals surface area contributed by atoms with Crippen LogP contribution in [0, 0.1) is 0 Å². The Morgan fingerprint density at radius 3 is 2.29 bits per heavy atom. The number of halogens is 2. The molecule has 3 aromatic rings. The number of alkyl halides is 2. The Morgan fingerprint density at radius 1 is 1.07 bits per heavy atom. The number of hydrogen-bond acceptors (Lipinski definition) is 2. The van der Waals surface area contributed by atoms with Crippen LogP contribution in [-0.2, 0) is 25.9 Å². The van der Waals surface area contributed by atoms with Gasteiger partial charge in [-0.05, 0) is 16.7 Å². The van der Waals surface area contributed by atoms with Crippen LogP contribution in [0.1, 0.15) is 23.2 Å². The summed E-state index contributed by atoms with van der Waals surface area (Å²) in [6, 6.07) is 14.6. The van der Waals surface area contributed by atoms with E-state index >= 15 is 0 Å². The first-order chi connectivity index (χ1) is 13.5. The van der Waals surface area contributed by atoms with Gasteiger partial charge in [0.2, 0.25) is 0 Å². The molecule has 0 atom stereocenters. The minimum atomic E-state index is -2.87. The van der Waals surface area contributed by atoms with Crippen molar-refractivity contribution in [2.45, 2.75) is 25.3 Å². The van der Waals surface area contributed by atoms with Crippen molar-refractivity contribution < 1.29 is 8.78 Å². The van der Waals surface area contributed by atoms with Crippen molar-refractivity contribution in [2.75, 3.05) is 6.54 Å². The molecule has 0 spiro atoms. The Hall–Kier alpha value is -2.79. The van der Waals surface area contributed by atoms with Crippen LogP contribution in [0.15, 0.2) is 73.7 Å². The van der Waals surface area contributed by atoms with Gasteiger partial charge >= 0.3 is 0 Å². The van der Waals surface area contributed by atoms with Crippen LogP contribution in [0.3, 0.4) is 0 Å². The average molecular weight is 381 g/mol. The Balaban J connectivity index is 1.54. The third kappa shape index (κ3) is 5.14. The summed E-state index contributed by atoms with van der Waals surface area (Å²) in [6.45, 7) is 5.04. The summed E-state index contributed by atoms with van der Waals surface area (Å²) in [5.41, 5.74) is 4.21. The number of hydrogen-bond donors (Lipinski definition) is 1. The van der Waals surface area contributed by atoms with Crippen LogP contribution >= 0.6 is 0 Å². The van der Waals surface area contributed by atoms with E-state index in [0.717, 1.165) is 36.3 Å². The van der Waals surface area contributed by atoms with Gasteiger partial charge in [0.1, 0.15) is 0 Å². The summed E-state index contributed by atoms with van der Waals surface area (Å²) in [4.78, 5) is 4.31. The lowest BCUT2D eigenvalue weighted by atomic mass is 9.99. The molecule has 146 valence electrons. The highest BCUT2D eigenvalue weighted by Gasteiger charge is 2.29. The summed E-state index contributed by atoms with van der Waals surface area (Å²) in [5.74, 6) is -2.87. The number of nitrogens with zero attached hydrogens (tertiary/aromatic N) is 2. The molecule has 0 saturated carbocycles. The summed E-state index contributed by atoms with van der Waals surface area (Å²) in [5, 5.41) is 3.41. The molecule has 3 rings (SSSR count). The zero-order valence-corrected chi connectivity index (χ0v) is 16.0. The number of aryl methyl sites for hydroxylation is 1. The van der Waals surface area contributed by atoms with Crippen LogP contribution in [0.4, 0.5) is 8.78 Å². The van der Waals surface area contributed by atoms with Crippen molar-refractivity contribution in [1.29, 1.82) is 0 Å². The van der Waals surface area contributed by atoms with Crippen LogP contribution in [0.5, 0.6) is 0 Å². The highest BCUT2D eigenvalue weighted by molar-refractivity contribution is 5.64. The van der Waals surface area contributed by atoms with Gasteiger partial charge in [0.25, 0.3) is 5.92 Å². The largest absolute Gasteiger partial charge is 0.340 e. The maximum atomic E-state index is 13.9. The molecule has 0 aliphatic heterocycles. The Morgan fingerprint density at radius 2 is 1.71 bits per heavy atom. The van der Waals surface area contributed by atoms with E-state index in [9.17, 15) is 8.78 Å². The molecule has 0 amide bonds. The van der Waals surface area contributed by atoms with Gasteiger partial charge in [-0.1, -0.05) is 54.6 Å². The highest BCUT2D eigenvalue weighted by atomic mass is 19.3. The van der Waals surface area contributed by atoms with Gasteiger partial charge in [-0.15, -0.1) is 6.58 Å². The SMILES string of the molecule is C=CCC(F)(F)c1ccc(-c2ccc(CNCCc3cn(C)cn3)cc2)cc1. The van der Waals surface area contributed by atoms with Gasteiger partial charge in [0.05, 0.1) is 12.0 Å². The quantitative estimate of drug-likeness (QED) is 0.413. The lowest BCUT2D eigenvalue weighted by Crippen LogP contribution is -2.16. The van der Waals surface area contributed by atoms with E-state index in [0.29, 0.717) is 0 Å². The molecule has 0 aliphatic carbocycles. The van der Waals surface area contributed by atoms with Crippen molar-refractivity contribution in [3.63, 3.8) is 0 Å². The summed E-state index contributed by atoms with van der Waals surface area (Å²) < 4.78 is 29.8. The maximum absolute atomic E-state index is 13.9. The standard InChI is InChI=1S/C23H25F2N3/c1-3-13-23(24,25)21-10-8-20(9-11-21)19-6-4-18(5-7-19)15-26-14-12-22-16-28(2)17-27-22/h3-11,16-17,26H,1,12-15H2,2H3. The van der Waals surface area contributed by atoms with Crippen LogP contribution in [0.2, 0.25) is 0 Å². The predicted octanol–water partition coefficient (Wildman–Crippen LogP) is 5.09. The lowest BCUT2D eigenvalue weighted by molar-refractivity contribution is -0.000835. The Labute approximate surface area is 164 Å². The van der Waals surface area contributed by atoms with Gasteiger partial charge in [0, 0.05) is 44.7 Å². The number of benzene rings is 2. The number of aromatic nitrogens is 2. The molecule has 1 heterocycles. The van der Waals surface area contributed by atoms with E-state index < -0.39 is 5.92 Å². The third-order valence-electron chi connectivity index (χ3n) is 4.64. The molecular weight excluding hydrogens is 356 g/mol. The van der Waals surface area contributed by atoms with Crippen LogP contribution in [-0.4, -0.2) is 16.1 Å². The van der Waals surface area contributed by atoms with Crippen molar-refractivity contribution in [3.05, 3.63) is 90.5 Å². The summed E-state index contributed by atoms with van der Waals surface area (Å²) >= 11 is 0. The fourth-order valence-electron chi connectivity index (χ4n) is 3.07. The van der Waals surface area contributed by atoms with E-state index in [-0.39, 0.29) is 12.0 Å². The molecule has 0 radical (unpaired) electrons. The van der Waals surface area contributed by atoms with Gasteiger partial charge in [0.15, 0.2) is 0 Å². The lowest BCUT2D eigenvalue weighted by Gasteiger charge is -2.15. The molecule has 0 fully saturated rings. The predicted molar refractivity (Wildman–Crippen MR) is 109 cm³/mol. The molecule has 1 aromatic heterocycles. The molecule has 0 aliphatic rings. The van der Waals surface area contributed by atoms with E-state index in [4.69, 9.17) is 0 Å². The number of imidazole rings is 1. The van der Waals surface area contributed by atoms with Gasteiger partial charge in [-0.25, -0.2) is 13.8 Å². The van der Waals surface area contributed by atoms with Crippen molar-refractivity contribution in [3.8, 4) is 11.1 Å². The Kier molecular flexibility index (Phi) is 6.37. The van der Waals surface area contributed by atoms with Crippen LogP contribution < -0.4 is 5.32 Å². The smallest absolute Gasteiger partial charge is 0.276 e. The minimum absolute atomic E-state index is 0.0184. The molecule has 2 aromatic carbocycles. The number of rotatable bonds is 9. The second-order valence-electron chi connectivity index (χ2n) is 6.93. The number of allylic oxidation sites excluding steroid dienone is 1. The van der Waals surface area contributed by atoms with E-state index in [1.165, 1.54) is 23.8 Å². The molecule has 28 heavy (non-hydrogen) atoms. The molecule has 0 unspecified atom stereocenters. The highest BCUT2D eigenvalue weighted by Crippen LogP contribution is 2.33. The normalized spacial score (nSPS) is 11.5. The molecule has 0 bridgehead atoms. The average Bonchev–Trinajstić information content (AvgIpc) is 3.11. The first-order valence-corrected chi connectivity index (χ1v) is 9.34. The second kappa shape index (κ2) is 8.93. The topological polar surface area (TPSA) is 29.9 Å². The van der Waals surface area contributed by atoms with Crippen LogP contribution in [0.25, 0.3) is 11.1 Å². The molecule has 3 nitrogen and oxygen atoms in total. The van der Waals surface area contributed by atoms with E-state index in [1.807, 2.05) is 29.9 Å². The molecule has 1 N–H and O–H groups in total. The minimum Gasteiger partial charge on any atom is -0.340 e. The summed E-state index contributed by atoms with van der Waals surface area (Å²) in [7, 11) is 1.96. The van der Waals surface area contributed by atoms with Crippen molar-refractivity contribution in [1.82, 2.24) is 14.9 Å². The summed E-state index contributed by atoms with van der Waals surface area (Å²) in [6.07, 6.45) is 5.61. The van der Waals surface area contributed by atoms with E-state index in [2.05, 4.69) is 29.0 Å². The molecule has 5 heteroatoms. The monoisotopic (exact) mass is 381 g/mol. The fraction of sp³-hybridized carbons (Fsp3) is 0.261. The zero-order valence-electron chi connectivity index (χ0n) is 16.0. The van der Waals surface area contributed by atoms with Crippen molar-refractivity contribution >= 4 is 0 Å². The molecular formula is C23H25F2N3. The number of nitrogens with one attached hydrogen (secondary N) is 1. The fourth-order valence-corrected chi connectivity index (χ4v) is 3.07. The van der Waals surface area contributed by atoms with Gasteiger partial charge in [-0.3, -0.25) is 0 Å². The van der Waals surface area contributed by atoms with Gasteiger partial charge < -0.3 is 9.88 Å². The van der Waals surface area contributed by atoms with E-state index in [1.54, 1.807) is 18.5 Å². The first kappa shape index (κ1) is 20.0. The zero-order chi connectivity index (χ0) is 20.0. The third-order valence-corrected chi connectivity index (χ3v) is 4.64.